The highest BCUT2D eigenvalue weighted by Gasteiger charge is 2.26. The van der Waals surface area contributed by atoms with E-state index in [0.717, 1.165) is 11.3 Å². The van der Waals surface area contributed by atoms with Crippen LogP contribution < -0.4 is 10.1 Å². The number of benzene rings is 1. The average Bonchev–Trinajstić information content (AvgIpc) is 2.70. The molecule has 1 aliphatic heterocycles. The Morgan fingerprint density at radius 2 is 1.89 bits per heavy atom. The Morgan fingerprint density at radius 1 is 1.19 bits per heavy atom. The van der Waals surface area contributed by atoms with Gasteiger partial charge in [0.05, 0.1) is 19.8 Å². The molecule has 0 aliphatic carbocycles. The number of hydrogen-bond donors (Lipinski definition) is 1. The zero-order chi connectivity index (χ0) is 19.3. The van der Waals surface area contributed by atoms with Gasteiger partial charge in [0.15, 0.2) is 0 Å². The Kier molecular flexibility index (Phi) is 6.30. The van der Waals surface area contributed by atoms with E-state index in [-0.39, 0.29) is 10.9 Å². The van der Waals surface area contributed by atoms with Gasteiger partial charge >= 0.3 is 0 Å². The fourth-order valence-corrected chi connectivity index (χ4v) is 4.23. The SMILES string of the molecule is CCOc1ccc(C(C)Nc2ccc(S(=O)(=O)N3CCOCC3)cn2)cc1. The molecule has 2 aromatic rings. The average molecular weight is 391 g/mol. The van der Waals surface area contributed by atoms with Gasteiger partial charge in [-0.2, -0.15) is 4.31 Å². The number of hydrogen-bond acceptors (Lipinski definition) is 6. The van der Waals surface area contributed by atoms with Crippen molar-refractivity contribution < 1.29 is 17.9 Å². The third-order valence-corrected chi connectivity index (χ3v) is 6.28. The van der Waals surface area contributed by atoms with Crippen LogP contribution in [0.1, 0.15) is 25.5 Å². The maximum atomic E-state index is 12.6. The Balaban J connectivity index is 1.66. The summed E-state index contributed by atoms with van der Waals surface area (Å²) in [7, 11) is -3.52. The van der Waals surface area contributed by atoms with Crippen LogP contribution >= 0.6 is 0 Å². The molecule has 27 heavy (non-hydrogen) atoms. The molecule has 1 aliphatic rings. The third-order valence-electron chi connectivity index (χ3n) is 4.40. The summed E-state index contributed by atoms with van der Waals surface area (Å²) in [5.74, 6) is 1.46. The minimum Gasteiger partial charge on any atom is -0.494 e. The van der Waals surface area contributed by atoms with Crippen molar-refractivity contribution in [1.82, 2.24) is 9.29 Å². The molecule has 1 saturated heterocycles. The van der Waals surface area contributed by atoms with E-state index in [0.29, 0.717) is 38.7 Å². The summed E-state index contributed by atoms with van der Waals surface area (Å²) in [5.41, 5.74) is 1.09. The lowest BCUT2D eigenvalue weighted by molar-refractivity contribution is 0.0730. The topological polar surface area (TPSA) is 80.8 Å². The van der Waals surface area contributed by atoms with E-state index in [1.807, 2.05) is 38.1 Å². The first kappa shape index (κ1) is 19.6. The van der Waals surface area contributed by atoms with Gasteiger partial charge < -0.3 is 14.8 Å². The highest BCUT2D eigenvalue weighted by Crippen LogP contribution is 2.22. The first-order valence-electron chi connectivity index (χ1n) is 9.04. The fraction of sp³-hybridized carbons (Fsp3) is 0.421. The second-order valence-corrected chi connectivity index (χ2v) is 8.20. The summed E-state index contributed by atoms with van der Waals surface area (Å²) in [6.45, 7) is 6.20. The lowest BCUT2D eigenvalue weighted by Crippen LogP contribution is -2.40. The van der Waals surface area contributed by atoms with Crippen molar-refractivity contribution in [2.45, 2.75) is 24.8 Å². The molecule has 2 heterocycles. The van der Waals surface area contributed by atoms with Gasteiger partial charge in [0.1, 0.15) is 16.5 Å². The summed E-state index contributed by atoms with van der Waals surface area (Å²) in [4.78, 5) is 4.48. The van der Waals surface area contributed by atoms with E-state index < -0.39 is 10.0 Å². The van der Waals surface area contributed by atoms with Crippen molar-refractivity contribution in [3.63, 3.8) is 0 Å². The van der Waals surface area contributed by atoms with Gasteiger partial charge in [-0.1, -0.05) is 12.1 Å². The molecule has 0 amide bonds. The molecule has 1 fully saturated rings. The summed E-state index contributed by atoms with van der Waals surface area (Å²) >= 11 is 0. The van der Waals surface area contributed by atoms with Crippen LogP contribution in [0.5, 0.6) is 5.75 Å². The Labute approximate surface area is 160 Å². The number of pyridine rings is 1. The van der Waals surface area contributed by atoms with Crippen molar-refractivity contribution in [3.05, 3.63) is 48.2 Å². The van der Waals surface area contributed by atoms with Crippen LogP contribution in [0.2, 0.25) is 0 Å². The molecule has 146 valence electrons. The lowest BCUT2D eigenvalue weighted by atomic mass is 10.1. The standard InChI is InChI=1S/C19H25N3O4S/c1-3-26-17-6-4-16(5-7-17)15(2)21-19-9-8-18(14-20-19)27(23,24)22-10-12-25-13-11-22/h4-9,14-15H,3,10-13H2,1-2H3,(H,20,21). The molecule has 8 heteroatoms. The zero-order valence-electron chi connectivity index (χ0n) is 15.6. The molecular weight excluding hydrogens is 366 g/mol. The number of rotatable bonds is 7. The molecule has 1 aromatic carbocycles. The molecule has 0 saturated carbocycles. The monoisotopic (exact) mass is 391 g/mol. The minimum absolute atomic E-state index is 0.0230. The van der Waals surface area contributed by atoms with Crippen LogP contribution in [0, 0.1) is 0 Å². The molecule has 3 rings (SSSR count). The van der Waals surface area contributed by atoms with Gasteiger partial charge in [-0.05, 0) is 43.7 Å². The van der Waals surface area contributed by atoms with Crippen molar-refractivity contribution >= 4 is 15.8 Å². The Hall–Kier alpha value is -2.16. The molecule has 0 radical (unpaired) electrons. The van der Waals surface area contributed by atoms with Crippen molar-refractivity contribution in [3.8, 4) is 5.75 Å². The number of aromatic nitrogens is 1. The molecule has 1 atom stereocenters. The molecule has 0 spiro atoms. The molecule has 0 bridgehead atoms. The van der Waals surface area contributed by atoms with E-state index in [1.165, 1.54) is 10.5 Å². The highest BCUT2D eigenvalue weighted by atomic mass is 32.2. The summed E-state index contributed by atoms with van der Waals surface area (Å²) in [6, 6.07) is 11.2. The number of sulfonamides is 1. The van der Waals surface area contributed by atoms with Gasteiger partial charge in [0.2, 0.25) is 10.0 Å². The van der Waals surface area contributed by atoms with Gasteiger partial charge in [-0.15, -0.1) is 0 Å². The third kappa shape index (κ3) is 4.77. The van der Waals surface area contributed by atoms with E-state index in [2.05, 4.69) is 10.3 Å². The number of morpholine rings is 1. The number of ether oxygens (including phenoxy) is 2. The quantitative estimate of drug-likeness (QED) is 0.782. The first-order valence-corrected chi connectivity index (χ1v) is 10.5. The minimum atomic E-state index is -3.52. The van der Waals surface area contributed by atoms with E-state index in [4.69, 9.17) is 9.47 Å². The Bertz CT molecular complexity index is 832. The second-order valence-electron chi connectivity index (χ2n) is 6.26. The molecule has 7 nitrogen and oxygen atoms in total. The van der Waals surface area contributed by atoms with E-state index in [1.54, 1.807) is 12.1 Å². The lowest BCUT2D eigenvalue weighted by Gasteiger charge is -2.26. The first-order chi connectivity index (χ1) is 13.0. The van der Waals surface area contributed by atoms with Crippen molar-refractivity contribution in [2.24, 2.45) is 0 Å². The fourth-order valence-electron chi connectivity index (χ4n) is 2.88. The van der Waals surface area contributed by atoms with Gasteiger partial charge in [-0.3, -0.25) is 0 Å². The van der Waals surface area contributed by atoms with Gasteiger partial charge in [0.25, 0.3) is 0 Å². The van der Waals surface area contributed by atoms with Crippen molar-refractivity contribution in [2.75, 3.05) is 38.2 Å². The summed E-state index contributed by atoms with van der Waals surface area (Å²) in [5, 5.41) is 3.29. The predicted molar refractivity (Wildman–Crippen MR) is 103 cm³/mol. The largest absolute Gasteiger partial charge is 0.494 e. The van der Waals surface area contributed by atoms with Gasteiger partial charge in [0, 0.05) is 25.3 Å². The molecular formula is C19H25N3O4S. The summed E-state index contributed by atoms with van der Waals surface area (Å²) in [6.07, 6.45) is 1.40. The molecule has 1 unspecified atom stereocenters. The Morgan fingerprint density at radius 3 is 2.48 bits per heavy atom. The van der Waals surface area contributed by atoms with Crippen LogP contribution in [-0.4, -0.2) is 50.6 Å². The zero-order valence-corrected chi connectivity index (χ0v) is 16.4. The van der Waals surface area contributed by atoms with Crippen LogP contribution in [0.25, 0.3) is 0 Å². The number of anilines is 1. The smallest absolute Gasteiger partial charge is 0.244 e. The number of nitrogens with zero attached hydrogens (tertiary/aromatic N) is 2. The van der Waals surface area contributed by atoms with Crippen molar-refractivity contribution in [1.29, 1.82) is 0 Å². The molecule has 1 aromatic heterocycles. The molecule has 1 N–H and O–H groups in total. The van der Waals surface area contributed by atoms with Crippen LogP contribution in [0.3, 0.4) is 0 Å². The maximum absolute atomic E-state index is 12.6. The van der Waals surface area contributed by atoms with Crippen LogP contribution in [0.15, 0.2) is 47.5 Å². The highest BCUT2D eigenvalue weighted by molar-refractivity contribution is 7.89. The predicted octanol–water partition coefficient (Wildman–Crippen LogP) is 2.67. The summed E-state index contributed by atoms with van der Waals surface area (Å²) < 4.78 is 37.4. The van der Waals surface area contributed by atoms with Crippen LogP contribution in [0.4, 0.5) is 5.82 Å². The van der Waals surface area contributed by atoms with Gasteiger partial charge in [-0.25, -0.2) is 13.4 Å². The second kappa shape index (κ2) is 8.69. The number of nitrogens with one attached hydrogen (secondary N) is 1. The maximum Gasteiger partial charge on any atom is 0.244 e. The normalized spacial score (nSPS) is 16.7. The van der Waals surface area contributed by atoms with E-state index in [9.17, 15) is 8.42 Å². The van der Waals surface area contributed by atoms with E-state index >= 15 is 0 Å². The van der Waals surface area contributed by atoms with Crippen LogP contribution in [-0.2, 0) is 14.8 Å².